The van der Waals surface area contributed by atoms with Crippen molar-refractivity contribution in [3.63, 3.8) is 0 Å². The van der Waals surface area contributed by atoms with Gasteiger partial charge in [-0.1, -0.05) is 23.4 Å². The third-order valence-corrected chi connectivity index (χ3v) is 5.12. The van der Waals surface area contributed by atoms with Crippen molar-refractivity contribution in [1.29, 1.82) is 5.26 Å². The Balaban J connectivity index is 1.77. The molecule has 3 heterocycles. The van der Waals surface area contributed by atoms with Crippen molar-refractivity contribution in [2.24, 2.45) is 0 Å². The van der Waals surface area contributed by atoms with Crippen molar-refractivity contribution in [3.8, 4) is 17.5 Å². The van der Waals surface area contributed by atoms with Gasteiger partial charge in [0, 0.05) is 10.7 Å². The van der Waals surface area contributed by atoms with Gasteiger partial charge in [-0.05, 0) is 36.4 Å². The molecule has 124 valence electrons. The minimum atomic E-state index is -0.370. The molecular weight excluding hydrogens is 360 g/mol. The van der Waals surface area contributed by atoms with Gasteiger partial charge >= 0.3 is 0 Å². The van der Waals surface area contributed by atoms with Gasteiger partial charge in [0.25, 0.3) is 5.56 Å². The van der Waals surface area contributed by atoms with Gasteiger partial charge in [0.1, 0.15) is 24.0 Å². The average molecular weight is 371 g/mol. The molecule has 8 heteroatoms. The van der Waals surface area contributed by atoms with Crippen molar-refractivity contribution >= 4 is 29.1 Å². The Bertz CT molecular complexity index is 1020. The van der Waals surface area contributed by atoms with E-state index in [0.717, 1.165) is 5.69 Å². The summed E-state index contributed by atoms with van der Waals surface area (Å²) >= 11 is 7.36. The number of nitrogens with zero attached hydrogens (tertiary/aromatic N) is 4. The van der Waals surface area contributed by atoms with Crippen molar-refractivity contribution in [1.82, 2.24) is 9.55 Å². The predicted octanol–water partition coefficient (Wildman–Crippen LogP) is 3.56. The van der Waals surface area contributed by atoms with Gasteiger partial charge < -0.3 is 9.32 Å². The molecule has 0 aliphatic carbocycles. The highest BCUT2D eigenvalue weighted by atomic mass is 35.5. The molecule has 1 aromatic carbocycles. The number of nitriles is 1. The second-order valence-corrected chi connectivity index (χ2v) is 6.72. The number of aromatic nitrogens is 2. The van der Waals surface area contributed by atoms with E-state index in [9.17, 15) is 10.1 Å². The maximum atomic E-state index is 12.8. The topological polar surface area (TPSA) is 75.1 Å². The number of halogens is 1. The zero-order chi connectivity index (χ0) is 17.4. The maximum Gasteiger partial charge on any atom is 0.274 e. The Morgan fingerprint density at radius 3 is 2.76 bits per heavy atom. The van der Waals surface area contributed by atoms with E-state index >= 15 is 0 Å². The van der Waals surface area contributed by atoms with E-state index < -0.39 is 0 Å². The summed E-state index contributed by atoms with van der Waals surface area (Å²) in [5, 5.41) is 10.7. The molecule has 0 atom stereocenters. The zero-order valence-electron chi connectivity index (χ0n) is 12.8. The number of fused-ring (bicyclic) bond motifs is 1. The number of thioether (sulfide) groups is 1. The first kappa shape index (κ1) is 15.8. The van der Waals surface area contributed by atoms with Crippen LogP contribution in [0.15, 0.2) is 57.0 Å². The molecule has 4 rings (SSSR count). The van der Waals surface area contributed by atoms with Crippen molar-refractivity contribution < 1.29 is 4.42 Å². The van der Waals surface area contributed by atoms with Crippen molar-refractivity contribution in [2.75, 3.05) is 10.8 Å². The van der Waals surface area contributed by atoms with Gasteiger partial charge in [-0.2, -0.15) is 5.26 Å². The Morgan fingerprint density at radius 2 is 2.08 bits per heavy atom. The molecule has 0 saturated heterocycles. The molecule has 0 amide bonds. The van der Waals surface area contributed by atoms with Crippen LogP contribution in [-0.2, 0) is 6.67 Å². The fourth-order valence-electron chi connectivity index (χ4n) is 2.62. The molecule has 0 spiro atoms. The SMILES string of the molecule is N#Cc1c(-c2ccco2)nc2n(c1=O)CN(c1ccc(Cl)cc1)CS2. The number of hydrogen-bond donors (Lipinski definition) is 0. The molecule has 1 aliphatic heterocycles. The number of anilines is 1. The first-order chi connectivity index (χ1) is 12.2. The maximum absolute atomic E-state index is 12.8. The molecule has 3 aromatic rings. The summed E-state index contributed by atoms with van der Waals surface area (Å²) < 4.78 is 6.82. The van der Waals surface area contributed by atoms with E-state index in [-0.39, 0.29) is 16.8 Å². The number of furan rings is 1. The van der Waals surface area contributed by atoms with Crippen LogP contribution in [0, 0.1) is 11.3 Å². The van der Waals surface area contributed by atoms with E-state index in [1.807, 2.05) is 23.1 Å². The van der Waals surface area contributed by atoms with E-state index in [4.69, 9.17) is 16.0 Å². The fraction of sp³-hybridized carbons (Fsp3) is 0.118. The van der Waals surface area contributed by atoms with Crippen LogP contribution in [0.25, 0.3) is 11.5 Å². The molecule has 1 aliphatic rings. The molecular formula is C17H11ClN4O2S. The fourth-order valence-corrected chi connectivity index (χ4v) is 3.70. The lowest BCUT2D eigenvalue weighted by Crippen LogP contribution is -2.38. The summed E-state index contributed by atoms with van der Waals surface area (Å²) in [4.78, 5) is 19.3. The summed E-state index contributed by atoms with van der Waals surface area (Å²) in [6, 6.07) is 12.8. The lowest BCUT2D eigenvalue weighted by atomic mass is 10.2. The van der Waals surface area contributed by atoms with Crippen LogP contribution in [0.3, 0.4) is 0 Å². The summed E-state index contributed by atoms with van der Waals surface area (Å²) in [7, 11) is 0. The Labute approximate surface area is 152 Å². The van der Waals surface area contributed by atoms with Crippen LogP contribution < -0.4 is 10.5 Å². The van der Waals surface area contributed by atoms with Crippen LogP contribution >= 0.6 is 23.4 Å². The molecule has 0 N–H and O–H groups in total. The van der Waals surface area contributed by atoms with Gasteiger partial charge in [-0.25, -0.2) is 4.98 Å². The summed E-state index contributed by atoms with van der Waals surface area (Å²) in [6.07, 6.45) is 1.49. The minimum absolute atomic E-state index is 0.0164. The normalized spacial score (nSPS) is 13.4. The monoisotopic (exact) mass is 370 g/mol. The highest BCUT2D eigenvalue weighted by molar-refractivity contribution is 7.99. The lowest BCUT2D eigenvalue weighted by Gasteiger charge is -2.30. The number of benzene rings is 1. The van der Waals surface area contributed by atoms with Gasteiger partial charge in [0.05, 0.1) is 12.1 Å². The van der Waals surface area contributed by atoms with E-state index in [1.165, 1.54) is 22.6 Å². The standard InChI is InChI=1S/C17H11ClN4O2S/c18-11-3-5-12(6-4-11)21-9-22-16(23)13(8-19)15(14-2-1-7-24-14)20-17(22)25-10-21/h1-7H,9-10H2. The minimum Gasteiger partial charge on any atom is -0.463 e. The molecule has 0 fully saturated rings. The van der Waals surface area contributed by atoms with Gasteiger partial charge in [-0.3, -0.25) is 9.36 Å². The van der Waals surface area contributed by atoms with E-state index in [1.54, 1.807) is 24.3 Å². The third kappa shape index (κ3) is 2.80. The lowest BCUT2D eigenvalue weighted by molar-refractivity contribution is 0.548. The Kier molecular flexibility index (Phi) is 3.99. The van der Waals surface area contributed by atoms with Crippen LogP contribution in [0.4, 0.5) is 5.69 Å². The number of hydrogen-bond acceptors (Lipinski definition) is 6. The number of rotatable bonds is 2. The predicted molar refractivity (Wildman–Crippen MR) is 95.6 cm³/mol. The summed E-state index contributed by atoms with van der Waals surface area (Å²) in [6.45, 7) is 0.322. The molecule has 0 bridgehead atoms. The van der Waals surface area contributed by atoms with E-state index in [2.05, 4.69) is 4.98 Å². The Morgan fingerprint density at radius 1 is 1.28 bits per heavy atom. The largest absolute Gasteiger partial charge is 0.463 e. The van der Waals surface area contributed by atoms with Crippen molar-refractivity contribution in [3.05, 3.63) is 63.6 Å². The second kappa shape index (κ2) is 6.31. The first-order valence-electron chi connectivity index (χ1n) is 7.39. The van der Waals surface area contributed by atoms with E-state index in [0.29, 0.717) is 28.5 Å². The highest BCUT2D eigenvalue weighted by Gasteiger charge is 2.24. The molecule has 6 nitrogen and oxygen atoms in total. The second-order valence-electron chi connectivity index (χ2n) is 5.37. The van der Waals surface area contributed by atoms with Crippen LogP contribution in [0.5, 0.6) is 0 Å². The summed E-state index contributed by atoms with van der Waals surface area (Å²) in [5.41, 5.74) is 0.849. The van der Waals surface area contributed by atoms with Crippen LogP contribution in [0.1, 0.15) is 5.56 Å². The smallest absolute Gasteiger partial charge is 0.274 e. The van der Waals surface area contributed by atoms with Crippen molar-refractivity contribution in [2.45, 2.75) is 11.8 Å². The quantitative estimate of drug-likeness (QED) is 0.642. The first-order valence-corrected chi connectivity index (χ1v) is 8.76. The van der Waals surface area contributed by atoms with Crippen LogP contribution in [0.2, 0.25) is 5.02 Å². The third-order valence-electron chi connectivity index (χ3n) is 3.85. The average Bonchev–Trinajstić information content (AvgIpc) is 3.16. The molecule has 0 unspecified atom stereocenters. The van der Waals surface area contributed by atoms with Gasteiger partial charge in [0.15, 0.2) is 10.9 Å². The molecule has 25 heavy (non-hydrogen) atoms. The van der Waals surface area contributed by atoms with Gasteiger partial charge in [0.2, 0.25) is 0 Å². The Hall–Kier alpha value is -2.69. The van der Waals surface area contributed by atoms with Crippen LogP contribution in [-0.4, -0.2) is 15.4 Å². The summed E-state index contributed by atoms with van der Waals surface area (Å²) in [5.74, 6) is 1.05. The zero-order valence-corrected chi connectivity index (χ0v) is 14.4. The molecule has 0 saturated carbocycles. The van der Waals surface area contributed by atoms with Gasteiger partial charge in [-0.15, -0.1) is 0 Å². The molecule has 0 radical (unpaired) electrons. The molecule has 2 aromatic heterocycles. The highest BCUT2D eigenvalue weighted by Crippen LogP contribution is 2.30.